The molecule has 0 radical (unpaired) electrons. The van der Waals surface area contributed by atoms with E-state index in [9.17, 15) is 9.59 Å². The maximum Gasteiger partial charge on any atom is 0.317 e. The summed E-state index contributed by atoms with van der Waals surface area (Å²) in [5.74, 6) is -1.07. The molecule has 18 heavy (non-hydrogen) atoms. The number of nitrogens with one attached hydrogen (secondary N) is 1. The molecule has 1 saturated heterocycles. The van der Waals surface area contributed by atoms with Crippen LogP contribution >= 0.6 is 0 Å². The van der Waals surface area contributed by atoms with Gasteiger partial charge in [-0.05, 0) is 26.7 Å². The maximum absolute atomic E-state index is 11.7. The quantitative estimate of drug-likeness (QED) is 0.719. The number of carbonyl (C=O) groups is 2. The highest BCUT2D eigenvalue weighted by molar-refractivity contribution is 5.75. The van der Waals surface area contributed by atoms with Crippen molar-refractivity contribution in [2.75, 3.05) is 26.2 Å². The number of carboxylic acids is 1. The van der Waals surface area contributed by atoms with Gasteiger partial charge in [0.2, 0.25) is 0 Å². The van der Waals surface area contributed by atoms with Crippen LogP contribution in [0, 0.1) is 5.92 Å². The van der Waals surface area contributed by atoms with Crippen molar-refractivity contribution in [1.82, 2.24) is 10.2 Å². The van der Waals surface area contributed by atoms with Gasteiger partial charge in [0, 0.05) is 19.6 Å². The number of aliphatic carboxylic acids is 1. The second-order valence-corrected chi connectivity index (χ2v) is 4.75. The van der Waals surface area contributed by atoms with E-state index in [1.54, 1.807) is 4.90 Å². The molecule has 0 unspecified atom stereocenters. The average Bonchev–Trinajstić information content (AvgIpc) is 2.34. The molecule has 6 nitrogen and oxygen atoms in total. The smallest absolute Gasteiger partial charge is 0.317 e. The maximum atomic E-state index is 11.7. The Morgan fingerprint density at radius 1 is 1.39 bits per heavy atom. The van der Waals surface area contributed by atoms with Crippen LogP contribution in [0.4, 0.5) is 4.79 Å². The first-order valence-electron chi connectivity index (χ1n) is 6.38. The number of piperidine rings is 1. The second kappa shape index (κ2) is 7.20. The summed E-state index contributed by atoms with van der Waals surface area (Å²) in [7, 11) is 0. The molecule has 0 aromatic rings. The molecule has 0 saturated carbocycles. The number of amides is 2. The molecule has 2 N–H and O–H groups in total. The number of rotatable bonds is 5. The van der Waals surface area contributed by atoms with Crippen molar-refractivity contribution in [3.05, 3.63) is 0 Å². The van der Waals surface area contributed by atoms with Crippen LogP contribution in [0.5, 0.6) is 0 Å². The Kier molecular flexibility index (Phi) is 5.91. The van der Waals surface area contributed by atoms with Gasteiger partial charge in [0.25, 0.3) is 0 Å². The topological polar surface area (TPSA) is 78.9 Å². The molecule has 1 fully saturated rings. The van der Waals surface area contributed by atoms with E-state index in [2.05, 4.69) is 5.32 Å². The van der Waals surface area contributed by atoms with Gasteiger partial charge in [-0.15, -0.1) is 0 Å². The third-order valence-electron chi connectivity index (χ3n) is 2.96. The van der Waals surface area contributed by atoms with E-state index in [0.717, 1.165) is 0 Å². The van der Waals surface area contributed by atoms with Crippen LogP contribution in [0.2, 0.25) is 0 Å². The molecule has 0 bridgehead atoms. The van der Waals surface area contributed by atoms with Crippen LogP contribution in [0.15, 0.2) is 0 Å². The molecule has 0 aromatic heterocycles. The number of hydrogen-bond acceptors (Lipinski definition) is 3. The van der Waals surface area contributed by atoms with Crippen molar-refractivity contribution in [1.29, 1.82) is 0 Å². The normalized spacial score (nSPS) is 16.9. The van der Waals surface area contributed by atoms with Crippen LogP contribution in [-0.4, -0.2) is 54.4 Å². The lowest BCUT2D eigenvalue weighted by Gasteiger charge is -2.30. The third-order valence-corrected chi connectivity index (χ3v) is 2.96. The number of hydrogen-bond donors (Lipinski definition) is 2. The summed E-state index contributed by atoms with van der Waals surface area (Å²) in [6.45, 7) is 5.88. The molecule has 2 amide bonds. The van der Waals surface area contributed by atoms with Gasteiger partial charge >= 0.3 is 12.0 Å². The van der Waals surface area contributed by atoms with E-state index < -0.39 is 5.97 Å². The number of carbonyl (C=O) groups excluding carboxylic acids is 1. The van der Waals surface area contributed by atoms with Crippen LogP contribution in [-0.2, 0) is 9.53 Å². The largest absolute Gasteiger partial charge is 0.481 e. The lowest BCUT2D eigenvalue weighted by molar-refractivity contribution is -0.143. The number of nitrogens with zero attached hydrogens (tertiary/aromatic N) is 1. The van der Waals surface area contributed by atoms with Crippen LogP contribution in [0.25, 0.3) is 0 Å². The molecule has 1 heterocycles. The SMILES string of the molecule is CC(C)OCCNC(=O)N1CCC(C(=O)O)CC1. The molecule has 6 heteroatoms. The number of ether oxygens (including phenoxy) is 1. The van der Waals surface area contributed by atoms with Gasteiger partial charge in [0.15, 0.2) is 0 Å². The fourth-order valence-corrected chi connectivity index (χ4v) is 1.89. The highest BCUT2D eigenvalue weighted by Gasteiger charge is 2.26. The fourth-order valence-electron chi connectivity index (χ4n) is 1.89. The van der Waals surface area contributed by atoms with Crippen molar-refractivity contribution >= 4 is 12.0 Å². The molecular weight excluding hydrogens is 236 g/mol. The van der Waals surface area contributed by atoms with Crippen LogP contribution in [0.1, 0.15) is 26.7 Å². The van der Waals surface area contributed by atoms with E-state index in [1.165, 1.54) is 0 Å². The molecule has 0 aliphatic carbocycles. The molecular formula is C12H22N2O4. The zero-order chi connectivity index (χ0) is 13.5. The van der Waals surface area contributed by atoms with Gasteiger partial charge in [-0.25, -0.2) is 4.79 Å². The summed E-state index contributed by atoms with van der Waals surface area (Å²) in [5.41, 5.74) is 0. The zero-order valence-corrected chi connectivity index (χ0v) is 11.0. The van der Waals surface area contributed by atoms with Gasteiger partial charge in [-0.3, -0.25) is 4.79 Å². The number of likely N-dealkylation sites (tertiary alicyclic amines) is 1. The predicted molar refractivity (Wildman–Crippen MR) is 66.4 cm³/mol. The van der Waals surface area contributed by atoms with Gasteiger partial charge in [0.1, 0.15) is 0 Å². The van der Waals surface area contributed by atoms with Crippen molar-refractivity contribution in [2.24, 2.45) is 5.92 Å². The van der Waals surface area contributed by atoms with E-state index in [1.807, 2.05) is 13.8 Å². The molecule has 1 aliphatic heterocycles. The van der Waals surface area contributed by atoms with Crippen molar-refractivity contribution in [3.8, 4) is 0 Å². The molecule has 0 spiro atoms. The van der Waals surface area contributed by atoms with Gasteiger partial charge in [0.05, 0.1) is 18.6 Å². The molecule has 1 rings (SSSR count). The van der Waals surface area contributed by atoms with Gasteiger partial charge < -0.3 is 20.1 Å². The Morgan fingerprint density at radius 2 is 2.00 bits per heavy atom. The van der Waals surface area contributed by atoms with E-state index in [-0.39, 0.29) is 18.1 Å². The highest BCUT2D eigenvalue weighted by atomic mass is 16.5. The first kappa shape index (κ1) is 14.8. The lowest BCUT2D eigenvalue weighted by Crippen LogP contribution is -2.46. The summed E-state index contributed by atoms with van der Waals surface area (Å²) < 4.78 is 5.32. The minimum atomic E-state index is -0.764. The third kappa shape index (κ3) is 4.91. The van der Waals surface area contributed by atoms with E-state index in [4.69, 9.17) is 9.84 Å². The number of carboxylic acid groups (broad SMARTS) is 1. The van der Waals surface area contributed by atoms with Gasteiger partial charge in [-0.1, -0.05) is 0 Å². The first-order chi connectivity index (χ1) is 8.50. The Labute approximate surface area is 107 Å². The number of urea groups is 1. The van der Waals surface area contributed by atoms with Crippen molar-refractivity contribution < 1.29 is 19.4 Å². The van der Waals surface area contributed by atoms with E-state index >= 15 is 0 Å². The summed E-state index contributed by atoms with van der Waals surface area (Å²) >= 11 is 0. The fraction of sp³-hybridized carbons (Fsp3) is 0.833. The minimum absolute atomic E-state index is 0.133. The van der Waals surface area contributed by atoms with Crippen molar-refractivity contribution in [2.45, 2.75) is 32.8 Å². The molecule has 0 atom stereocenters. The zero-order valence-electron chi connectivity index (χ0n) is 11.0. The average molecular weight is 258 g/mol. The summed E-state index contributed by atoms with van der Waals surface area (Å²) in [6.07, 6.45) is 1.23. The Morgan fingerprint density at radius 3 is 2.50 bits per heavy atom. The van der Waals surface area contributed by atoms with E-state index in [0.29, 0.717) is 39.1 Å². The lowest BCUT2D eigenvalue weighted by atomic mass is 9.97. The summed E-state index contributed by atoms with van der Waals surface area (Å²) in [5, 5.41) is 11.6. The Balaban J connectivity index is 2.18. The second-order valence-electron chi connectivity index (χ2n) is 4.75. The summed E-state index contributed by atoms with van der Waals surface area (Å²) in [6, 6.07) is -0.133. The van der Waals surface area contributed by atoms with Crippen molar-refractivity contribution in [3.63, 3.8) is 0 Å². The Bertz CT molecular complexity index is 286. The molecule has 104 valence electrons. The Hall–Kier alpha value is -1.30. The summed E-state index contributed by atoms with van der Waals surface area (Å²) in [4.78, 5) is 24.2. The van der Waals surface area contributed by atoms with Crippen LogP contribution < -0.4 is 5.32 Å². The molecule has 1 aliphatic rings. The monoisotopic (exact) mass is 258 g/mol. The highest BCUT2D eigenvalue weighted by Crippen LogP contribution is 2.16. The standard InChI is InChI=1S/C12H22N2O4/c1-9(2)18-8-5-13-12(17)14-6-3-10(4-7-14)11(15)16/h9-10H,3-8H2,1-2H3,(H,13,17)(H,15,16). The predicted octanol–water partition coefficient (Wildman–Crippen LogP) is 0.918. The van der Waals surface area contributed by atoms with Crippen LogP contribution in [0.3, 0.4) is 0 Å². The first-order valence-corrected chi connectivity index (χ1v) is 6.38. The minimum Gasteiger partial charge on any atom is -0.481 e. The molecule has 0 aromatic carbocycles. The van der Waals surface area contributed by atoms with Gasteiger partial charge in [-0.2, -0.15) is 0 Å².